The Morgan fingerprint density at radius 3 is 2.30 bits per heavy atom. The average Bonchev–Trinajstić information content (AvgIpc) is 2.46. The fourth-order valence-electron chi connectivity index (χ4n) is 1.83. The lowest BCUT2D eigenvalue weighted by Gasteiger charge is -2.12. The summed E-state index contributed by atoms with van der Waals surface area (Å²) in [6.45, 7) is 0. The van der Waals surface area contributed by atoms with Gasteiger partial charge in [-0.25, -0.2) is 0 Å². The normalized spacial score (nSPS) is 10.2. The summed E-state index contributed by atoms with van der Waals surface area (Å²) in [4.78, 5) is 12.6. The third-order valence-corrected chi connectivity index (χ3v) is 3.79. The van der Waals surface area contributed by atoms with Crippen molar-refractivity contribution in [3.05, 3.63) is 57.0 Å². The number of halogens is 2. The summed E-state index contributed by atoms with van der Waals surface area (Å²) in [5.41, 5.74) is 0.831. The van der Waals surface area contributed by atoms with Gasteiger partial charge in [0.05, 0.1) is 29.3 Å². The molecule has 0 aliphatic heterocycles. The Hall–Kier alpha value is -1.52. The van der Waals surface area contributed by atoms with E-state index in [1.807, 2.05) is 0 Å². The van der Waals surface area contributed by atoms with Gasteiger partial charge in [0.2, 0.25) is 0 Å². The molecule has 3 nitrogen and oxygen atoms in total. The van der Waals surface area contributed by atoms with Crippen molar-refractivity contribution in [2.45, 2.75) is 0 Å². The Labute approximate surface area is 130 Å². The predicted molar refractivity (Wildman–Crippen MR) is 82.1 cm³/mol. The second-order valence-electron chi connectivity index (χ2n) is 4.00. The van der Waals surface area contributed by atoms with Gasteiger partial charge in [0.25, 0.3) is 0 Å². The second-order valence-corrected chi connectivity index (χ2v) is 5.26. The molecule has 0 aliphatic rings. The summed E-state index contributed by atoms with van der Waals surface area (Å²) in [6.07, 6.45) is 0. The van der Waals surface area contributed by atoms with Gasteiger partial charge in [-0.3, -0.25) is 4.79 Å². The number of ketones is 1. The van der Waals surface area contributed by atoms with E-state index in [0.717, 1.165) is 0 Å². The van der Waals surface area contributed by atoms with Crippen molar-refractivity contribution < 1.29 is 14.3 Å². The minimum Gasteiger partial charge on any atom is -0.496 e. The lowest BCUT2D eigenvalue weighted by molar-refractivity contribution is 0.103. The molecule has 5 heteroatoms. The number of rotatable bonds is 4. The highest BCUT2D eigenvalue weighted by Gasteiger charge is 2.19. The van der Waals surface area contributed by atoms with Crippen LogP contribution in [0.1, 0.15) is 15.9 Å². The third-order valence-electron chi connectivity index (χ3n) is 2.84. The first-order valence-electron chi connectivity index (χ1n) is 5.79. The van der Waals surface area contributed by atoms with Gasteiger partial charge in [-0.2, -0.15) is 0 Å². The molecule has 0 radical (unpaired) electrons. The predicted octanol–water partition coefficient (Wildman–Crippen LogP) is 4.35. The van der Waals surface area contributed by atoms with Gasteiger partial charge in [0.15, 0.2) is 5.78 Å². The van der Waals surface area contributed by atoms with Crippen molar-refractivity contribution in [2.75, 3.05) is 14.2 Å². The molecule has 2 aromatic rings. The Morgan fingerprint density at radius 1 is 1.05 bits per heavy atom. The second kappa shape index (κ2) is 6.29. The molecule has 0 aliphatic carbocycles. The Balaban J connectivity index is 2.57. The molecule has 0 aromatic heterocycles. The number of hydrogen-bond acceptors (Lipinski definition) is 3. The largest absolute Gasteiger partial charge is 0.496 e. The minimum absolute atomic E-state index is 0.210. The van der Waals surface area contributed by atoms with E-state index in [4.69, 9.17) is 21.1 Å². The number of methoxy groups -OCH3 is 2. The van der Waals surface area contributed by atoms with Crippen LogP contribution in [0.3, 0.4) is 0 Å². The lowest BCUT2D eigenvalue weighted by Crippen LogP contribution is -2.05. The smallest absolute Gasteiger partial charge is 0.198 e. The van der Waals surface area contributed by atoms with Crippen LogP contribution in [-0.4, -0.2) is 20.0 Å². The summed E-state index contributed by atoms with van der Waals surface area (Å²) in [5, 5.41) is 0.404. The van der Waals surface area contributed by atoms with Gasteiger partial charge < -0.3 is 9.47 Å². The van der Waals surface area contributed by atoms with Gasteiger partial charge in [0.1, 0.15) is 11.5 Å². The van der Waals surface area contributed by atoms with Crippen LogP contribution >= 0.6 is 27.5 Å². The number of benzene rings is 2. The monoisotopic (exact) mass is 354 g/mol. The molecule has 0 spiro atoms. The zero-order chi connectivity index (χ0) is 14.7. The van der Waals surface area contributed by atoms with Gasteiger partial charge in [0, 0.05) is 5.56 Å². The van der Waals surface area contributed by atoms with E-state index in [1.165, 1.54) is 14.2 Å². The summed E-state index contributed by atoms with van der Waals surface area (Å²) in [7, 11) is 3.05. The quantitative estimate of drug-likeness (QED) is 0.765. The van der Waals surface area contributed by atoms with E-state index >= 15 is 0 Å². The fraction of sp³-hybridized carbons (Fsp3) is 0.133. The van der Waals surface area contributed by atoms with Crippen molar-refractivity contribution in [1.29, 1.82) is 0 Å². The van der Waals surface area contributed by atoms with Crippen molar-refractivity contribution in [3.8, 4) is 11.5 Å². The molecule has 0 N–H and O–H groups in total. The standard InChI is InChI=1S/C15H12BrClO3/c1-19-13-8-11(16)14(20-2)7-10(13)15(18)9-5-3-4-6-12(9)17/h3-8H,1-2H3. The maximum Gasteiger partial charge on any atom is 0.198 e. The van der Waals surface area contributed by atoms with Gasteiger partial charge in [-0.1, -0.05) is 23.7 Å². The van der Waals surface area contributed by atoms with E-state index < -0.39 is 0 Å². The Morgan fingerprint density at radius 2 is 1.70 bits per heavy atom. The molecule has 0 atom stereocenters. The van der Waals surface area contributed by atoms with Crippen LogP contribution in [-0.2, 0) is 0 Å². The van der Waals surface area contributed by atoms with Crippen molar-refractivity contribution in [3.63, 3.8) is 0 Å². The zero-order valence-corrected chi connectivity index (χ0v) is 13.3. The molecule has 0 unspecified atom stereocenters. The first kappa shape index (κ1) is 14.9. The number of ether oxygens (including phenoxy) is 2. The first-order valence-corrected chi connectivity index (χ1v) is 6.96. The Bertz CT molecular complexity index is 656. The van der Waals surface area contributed by atoms with E-state index in [9.17, 15) is 4.79 Å². The first-order chi connectivity index (χ1) is 9.58. The molecular weight excluding hydrogens is 344 g/mol. The summed E-state index contributed by atoms with van der Waals surface area (Å²) in [6, 6.07) is 10.2. The van der Waals surface area contributed by atoms with Crippen LogP contribution < -0.4 is 9.47 Å². The van der Waals surface area contributed by atoms with Crippen molar-refractivity contribution in [2.24, 2.45) is 0 Å². The van der Waals surface area contributed by atoms with Gasteiger partial charge in [-0.05, 0) is 40.2 Å². The molecule has 0 heterocycles. The van der Waals surface area contributed by atoms with Crippen LogP contribution in [0.5, 0.6) is 11.5 Å². The molecule has 0 saturated heterocycles. The number of carbonyl (C=O) groups excluding carboxylic acids is 1. The van der Waals surface area contributed by atoms with Crippen LogP contribution in [0, 0.1) is 0 Å². The molecule has 0 fully saturated rings. The van der Waals surface area contributed by atoms with E-state index in [0.29, 0.717) is 32.1 Å². The van der Waals surface area contributed by atoms with E-state index in [-0.39, 0.29) is 5.78 Å². The SMILES string of the molecule is COc1cc(C(=O)c2ccccc2Cl)c(OC)cc1Br. The van der Waals surface area contributed by atoms with Gasteiger partial charge >= 0.3 is 0 Å². The molecule has 0 amide bonds. The van der Waals surface area contributed by atoms with Crippen LogP contribution in [0.25, 0.3) is 0 Å². The van der Waals surface area contributed by atoms with Crippen molar-refractivity contribution in [1.82, 2.24) is 0 Å². The van der Waals surface area contributed by atoms with Crippen molar-refractivity contribution >= 4 is 33.3 Å². The minimum atomic E-state index is -0.210. The van der Waals surface area contributed by atoms with E-state index in [2.05, 4.69) is 15.9 Å². The number of hydrogen-bond donors (Lipinski definition) is 0. The molecule has 0 bridgehead atoms. The van der Waals surface area contributed by atoms with Crippen LogP contribution in [0.4, 0.5) is 0 Å². The average molecular weight is 356 g/mol. The lowest BCUT2D eigenvalue weighted by atomic mass is 10.0. The summed E-state index contributed by atoms with van der Waals surface area (Å²) < 4.78 is 11.2. The number of carbonyl (C=O) groups is 1. The van der Waals surface area contributed by atoms with Crippen LogP contribution in [0.2, 0.25) is 5.02 Å². The molecule has 0 saturated carbocycles. The summed E-state index contributed by atoms with van der Waals surface area (Å²) in [5.74, 6) is 0.807. The van der Waals surface area contributed by atoms with Crippen LogP contribution in [0.15, 0.2) is 40.9 Å². The maximum atomic E-state index is 12.6. The third kappa shape index (κ3) is 2.81. The highest BCUT2D eigenvalue weighted by molar-refractivity contribution is 9.10. The van der Waals surface area contributed by atoms with E-state index in [1.54, 1.807) is 36.4 Å². The fourth-order valence-corrected chi connectivity index (χ4v) is 2.53. The molecule has 2 rings (SSSR count). The summed E-state index contributed by atoms with van der Waals surface area (Å²) >= 11 is 9.43. The molecule has 20 heavy (non-hydrogen) atoms. The zero-order valence-electron chi connectivity index (χ0n) is 10.9. The molecular formula is C15H12BrClO3. The molecule has 2 aromatic carbocycles. The Kier molecular flexibility index (Phi) is 4.68. The molecule has 104 valence electrons. The van der Waals surface area contributed by atoms with Gasteiger partial charge in [-0.15, -0.1) is 0 Å². The highest BCUT2D eigenvalue weighted by Crippen LogP contribution is 2.34. The maximum absolute atomic E-state index is 12.6. The highest BCUT2D eigenvalue weighted by atomic mass is 79.9. The topological polar surface area (TPSA) is 35.5 Å².